The van der Waals surface area contributed by atoms with Gasteiger partial charge in [-0.25, -0.2) is 8.42 Å². The van der Waals surface area contributed by atoms with E-state index in [1.807, 2.05) is 0 Å². The molecule has 1 aliphatic heterocycles. The monoisotopic (exact) mass is 450 g/mol. The van der Waals surface area contributed by atoms with Gasteiger partial charge in [0.1, 0.15) is 17.2 Å². The van der Waals surface area contributed by atoms with Gasteiger partial charge in [-0.2, -0.15) is 0 Å². The second kappa shape index (κ2) is 9.88. The molecule has 3 rings (SSSR count). The SMILES string of the molecule is COc1ccc(NS(=O)(=O)c2ccc(O[C@H](C)C(=O)N3CCOCC3)cc2)c(OC)c1. The second-order valence-corrected chi connectivity index (χ2v) is 8.52. The van der Waals surface area contributed by atoms with Crippen LogP contribution in [-0.2, 0) is 19.6 Å². The highest BCUT2D eigenvalue weighted by atomic mass is 32.2. The van der Waals surface area contributed by atoms with Gasteiger partial charge < -0.3 is 23.8 Å². The fourth-order valence-electron chi connectivity index (χ4n) is 3.08. The normalized spacial score (nSPS) is 15.1. The third kappa shape index (κ3) is 5.59. The molecule has 168 valence electrons. The minimum atomic E-state index is -3.86. The molecule has 0 saturated carbocycles. The predicted molar refractivity (Wildman–Crippen MR) is 114 cm³/mol. The van der Waals surface area contributed by atoms with Gasteiger partial charge in [-0.15, -0.1) is 0 Å². The average Bonchev–Trinajstić information content (AvgIpc) is 2.79. The number of morpholine rings is 1. The lowest BCUT2D eigenvalue weighted by Crippen LogP contribution is -2.46. The van der Waals surface area contributed by atoms with E-state index >= 15 is 0 Å². The van der Waals surface area contributed by atoms with Gasteiger partial charge in [0, 0.05) is 19.2 Å². The van der Waals surface area contributed by atoms with Gasteiger partial charge in [-0.05, 0) is 43.3 Å². The Balaban J connectivity index is 1.68. The summed E-state index contributed by atoms with van der Waals surface area (Å²) in [6.45, 7) is 3.75. The third-order valence-corrected chi connectivity index (χ3v) is 6.15. The zero-order valence-corrected chi connectivity index (χ0v) is 18.5. The highest BCUT2D eigenvalue weighted by Gasteiger charge is 2.24. The topological polar surface area (TPSA) is 103 Å². The maximum Gasteiger partial charge on any atom is 0.263 e. The van der Waals surface area contributed by atoms with Gasteiger partial charge in [0.15, 0.2) is 6.10 Å². The molecular weight excluding hydrogens is 424 g/mol. The van der Waals surface area contributed by atoms with Crippen LogP contribution in [0.4, 0.5) is 5.69 Å². The van der Waals surface area contributed by atoms with Crippen molar-refractivity contribution in [2.45, 2.75) is 17.9 Å². The number of amides is 1. The van der Waals surface area contributed by atoms with Crippen molar-refractivity contribution >= 4 is 21.6 Å². The van der Waals surface area contributed by atoms with E-state index in [9.17, 15) is 13.2 Å². The maximum absolute atomic E-state index is 12.8. The van der Waals surface area contributed by atoms with E-state index in [2.05, 4.69) is 4.72 Å². The van der Waals surface area contributed by atoms with Crippen LogP contribution < -0.4 is 18.9 Å². The summed E-state index contributed by atoms with van der Waals surface area (Å²) in [4.78, 5) is 14.2. The molecule has 10 heteroatoms. The van der Waals surface area contributed by atoms with Crippen molar-refractivity contribution in [3.05, 3.63) is 42.5 Å². The predicted octanol–water partition coefficient (Wildman–Crippen LogP) is 2.13. The first-order valence-corrected chi connectivity index (χ1v) is 11.2. The van der Waals surface area contributed by atoms with E-state index in [-0.39, 0.29) is 16.5 Å². The number of carbonyl (C=O) groups excluding carboxylic acids is 1. The van der Waals surface area contributed by atoms with Gasteiger partial charge >= 0.3 is 0 Å². The van der Waals surface area contributed by atoms with E-state index in [1.165, 1.54) is 38.5 Å². The Hall–Kier alpha value is -2.98. The van der Waals surface area contributed by atoms with Gasteiger partial charge in [-0.3, -0.25) is 9.52 Å². The number of methoxy groups -OCH3 is 2. The molecule has 2 aromatic carbocycles. The van der Waals surface area contributed by atoms with Gasteiger partial charge in [-0.1, -0.05) is 0 Å². The quantitative estimate of drug-likeness (QED) is 0.657. The van der Waals surface area contributed by atoms with Crippen LogP contribution in [0, 0.1) is 0 Å². The van der Waals surface area contributed by atoms with Crippen LogP contribution in [0.3, 0.4) is 0 Å². The van der Waals surface area contributed by atoms with E-state index in [4.69, 9.17) is 18.9 Å². The molecule has 1 N–H and O–H groups in total. The number of carbonyl (C=O) groups is 1. The molecule has 0 unspecified atom stereocenters. The molecule has 9 nitrogen and oxygen atoms in total. The van der Waals surface area contributed by atoms with Crippen molar-refractivity contribution in [2.75, 3.05) is 45.2 Å². The molecule has 1 aliphatic rings. The van der Waals surface area contributed by atoms with Crippen LogP contribution in [0.5, 0.6) is 17.2 Å². The smallest absolute Gasteiger partial charge is 0.263 e. The summed E-state index contributed by atoms with van der Waals surface area (Å²) in [6.07, 6.45) is -0.692. The van der Waals surface area contributed by atoms with Crippen molar-refractivity contribution in [2.24, 2.45) is 0 Å². The first kappa shape index (κ1) is 22.7. The summed E-state index contributed by atoms with van der Waals surface area (Å²) < 4.78 is 49.3. The molecule has 31 heavy (non-hydrogen) atoms. The zero-order valence-electron chi connectivity index (χ0n) is 17.7. The summed E-state index contributed by atoms with van der Waals surface area (Å²) in [5.41, 5.74) is 0.286. The van der Waals surface area contributed by atoms with Crippen molar-refractivity contribution in [3.8, 4) is 17.2 Å². The number of rotatable bonds is 8. The number of nitrogens with zero attached hydrogens (tertiary/aromatic N) is 1. The van der Waals surface area contributed by atoms with Crippen molar-refractivity contribution in [3.63, 3.8) is 0 Å². The molecule has 1 saturated heterocycles. The number of nitrogens with one attached hydrogen (secondary N) is 1. The lowest BCUT2D eigenvalue weighted by molar-refractivity contribution is -0.142. The van der Waals surface area contributed by atoms with E-state index in [1.54, 1.807) is 30.0 Å². The van der Waals surface area contributed by atoms with Crippen LogP contribution in [0.2, 0.25) is 0 Å². The molecule has 0 aliphatic carbocycles. The Morgan fingerprint density at radius 2 is 1.68 bits per heavy atom. The minimum absolute atomic E-state index is 0.0462. The highest BCUT2D eigenvalue weighted by Crippen LogP contribution is 2.31. The van der Waals surface area contributed by atoms with Crippen LogP contribution in [-0.4, -0.2) is 65.9 Å². The number of sulfonamides is 1. The Labute approximate surface area is 181 Å². The first-order chi connectivity index (χ1) is 14.8. The van der Waals surface area contributed by atoms with Crippen LogP contribution in [0.1, 0.15) is 6.92 Å². The molecule has 1 amide bonds. The van der Waals surface area contributed by atoms with E-state index in [0.29, 0.717) is 43.6 Å². The Morgan fingerprint density at radius 1 is 1.03 bits per heavy atom. The number of hydrogen-bond acceptors (Lipinski definition) is 7. The average molecular weight is 451 g/mol. The lowest BCUT2D eigenvalue weighted by atomic mass is 10.3. The fraction of sp³-hybridized carbons (Fsp3) is 0.381. The number of hydrogen-bond donors (Lipinski definition) is 1. The van der Waals surface area contributed by atoms with E-state index in [0.717, 1.165) is 0 Å². The second-order valence-electron chi connectivity index (χ2n) is 6.84. The van der Waals surface area contributed by atoms with Gasteiger partial charge in [0.25, 0.3) is 15.9 Å². The Bertz CT molecular complexity index is 1000. The molecule has 2 aromatic rings. The summed E-state index contributed by atoms with van der Waals surface area (Å²) >= 11 is 0. The molecule has 1 fully saturated rings. The fourth-order valence-corrected chi connectivity index (χ4v) is 4.15. The minimum Gasteiger partial charge on any atom is -0.497 e. The molecule has 0 spiro atoms. The first-order valence-electron chi connectivity index (χ1n) is 9.72. The standard InChI is InChI=1S/C21H26N2O7S/c1-15(21(24)23-10-12-29-13-11-23)30-16-4-7-18(8-5-16)31(25,26)22-19-9-6-17(27-2)14-20(19)28-3/h4-9,14-15,22H,10-13H2,1-3H3/t15-/m1/s1. The number of anilines is 1. The molecule has 0 bridgehead atoms. The number of ether oxygens (including phenoxy) is 4. The van der Waals surface area contributed by atoms with E-state index < -0.39 is 16.1 Å². The molecule has 0 aromatic heterocycles. The summed E-state index contributed by atoms with van der Waals surface area (Å²) in [6, 6.07) is 10.6. The Morgan fingerprint density at radius 3 is 2.29 bits per heavy atom. The lowest BCUT2D eigenvalue weighted by Gasteiger charge is -2.29. The third-order valence-electron chi connectivity index (χ3n) is 4.77. The van der Waals surface area contributed by atoms with Gasteiger partial charge in [0.2, 0.25) is 0 Å². The maximum atomic E-state index is 12.8. The number of benzene rings is 2. The van der Waals surface area contributed by atoms with Crippen LogP contribution in [0.15, 0.2) is 47.4 Å². The van der Waals surface area contributed by atoms with Gasteiger partial charge in [0.05, 0.1) is 38.0 Å². The zero-order chi connectivity index (χ0) is 22.4. The van der Waals surface area contributed by atoms with Crippen molar-refractivity contribution < 1.29 is 32.2 Å². The Kier molecular flexibility index (Phi) is 7.24. The summed E-state index contributed by atoms with van der Waals surface area (Å²) in [5, 5.41) is 0. The van der Waals surface area contributed by atoms with Crippen LogP contribution in [0.25, 0.3) is 0 Å². The molecule has 1 atom stereocenters. The molecule has 0 radical (unpaired) electrons. The molecular formula is C21H26N2O7S. The largest absolute Gasteiger partial charge is 0.497 e. The summed E-state index contributed by atoms with van der Waals surface area (Å²) in [7, 11) is -0.906. The molecule has 1 heterocycles. The van der Waals surface area contributed by atoms with Crippen molar-refractivity contribution in [1.29, 1.82) is 0 Å². The highest BCUT2D eigenvalue weighted by molar-refractivity contribution is 7.92. The van der Waals surface area contributed by atoms with Crippen molar-refractivity contribution in [1.82, 2.24) is 4.90 Å². The summed E-state index contributed by atoms with van der Waals surface area (Å²) in [5.74, 6) is 1.14. The van der Waals surface area contributed by atoms with Crippen LogP contribution >= 0.6 is 0 Å².